The summed E-state index contributed by atoms with van der Waals surface area (Å²) in [4.78, 5) is 41.4. The Morgan fingerprint density at radius 1 is 1.07 bits per heavy atom. The van der Waals surface area contributed by atoms with Gasteiger partial charge < -0.3 is 19.9 Å². The Morgan fingerprint density at radius 2 is 1.75 bits per heavy atom. The van der Waals surface area contributed by atoms with E-state index in [1.54, 1.807) is 9.80 Å². The van der Waals surface area contributed by atoms with Gasteiger partial charge >= 0.3 is 12.0 Å². The summed E-state index contributed by atoms with van der Waals surface area (Å²) in [5, 5.41) is 3.22. The largest absolute Gasteiger partial charge is 0.469 e. The smallest absolute Gasteiger partial charge is 0.325 e. The van der Waals surface area contributed by atoms with E-state index in [1.165, 1.54) is 7.11 Å². The molecule has 2 saturated heterocycles. The second kappa shape index (κ2) is 10.3. The van der Waals surface area contributed by atoms with E-state index in [0.29, 0.717) is 39.0 Å². The van der Waals surface area contributed by atoms with E-state index >= 15 is 0 Å². The van der Waals surface area contributed by atoms with Crippen molar-refractivity contribution >= 4 is 36.0 Å². The zero-order valence-electron chi connectivity index (χ0n) is 16.1. The summed E-state index contributed by atoms with van der Waals surface area (Å²) in [5.41, 5.74) is 1.82. The number of amides is 3. The summed E-state index contributed by atoms with van der Waals surface area (Å²) in [6.07, 6.45) is 0.937. The number of esters is 1. The number of benzene rings is 1. The number of hydrogen-bond donors (Lipinski definition) is 1. The number of methoxy groups -OCH3 is 1. The monoisotopic (exact) mass is 410 g/mol. The van der Waals surface area contributed by atoms with Crippen LogP contribution >= 0.6 is 12.4 Å². The van der Waals surface area contributed by atoms with E-state index in [9.17, 15) is 14.4 Å². The molecular formula is C19H27ClN4O4. The van der Waals surface area contributed by atoms with Crippen molar-refractivity contribution in [2.45, 2.75) is 12.8 Å². The standard InChI is InChI=1S/C19H26N4O4.ClH/c1-27-18(25)7-4-15-2-5-16(6-3-15)23-13-12-22(19(23)26)14-17(24)21-10-8-20-9-11-21;/h2-3,5-6,20H,4,7-14H2,1H3;1H. The Kier molecular flexibility index (Phi) is 8.07. The van der Waals surface area contributed by atoms with Crippen LogP contribution in [0, 0.1) is 0 Å². The molecule has 0 atom stereocenters. The van der Waals surface area contributed by atoms with Crippen LogP contribution in [0.2, 0.25) is 0 Å². The zero-order valence-corrected chi connectivity index (χ0v) is 16.9. The average molecular weight is 411 g/mol. The fourth-order valence-electron chi connectivity index (χ4n) is 3.34. The molecule has 0 bridgehead atoms. The summed E-state index contributed by atoms with van der Waals surface area (Å²) in [5.74, 6) is -0.233. The first-order valence-corrected chi connectivity index (χ1v) is 9.29. The number of rotatable bonds is 6. The molecule has 2 aliphatic rings. The van der Waals surface area contributed by atoms with Crippen LogP contribution in [0.4, 0.5) is 10.5 Å². The van der Waals surface area contributed by atoms with Gasteiger partial charge in [0.25, 0.3) is 0 Å². The predicted molar refractivity (Wildman–Crippen MR) is 108 cm³/mol. The molecule has 1 aromatic rings. The minimum atomic E-state index is -0.237. The highest BCUT2D eigenvalue weighted by Crippen LogP contribution is 2.21. The molecule has 0 unspecified atom stereocenters. The highest BCUT2D eigenvalue weighted by atomic mass is 35.5. The first-order chi connectivity index (χ1) is 13.1. The average Bonchev–Trinajstić information content (AvgIpc) is 3.07. The van der Waals surface area contributed by atoms with Crippen molar-refractivity contribution in [3.63, 3.8) is 0 Å². The van der Waals surface area contributed by atoms with Crippen LogP contribution in [-0.2, 0) is 20.7 Å². The molecule has 2 aliphatic heterocycles. The minimum absolute atomic E-state index is 0. The molecule has 0 radical (unpaired) electrons. The number of piperazine rings is 1. The summed E-state index contributed by atoms with van der Waals surface area (Å²) in [6, 6.07) is 7.46. The fraction of sp³-hybridized carbons (Fsp3) is 0.526. The molecule has 0 saturated carbocycles. The lowest BCUT2D eigenvalue weighted by Crippen LogP contribution is -2.50. The molecule has 9 heteroatoms. The number of halogens is 1. The van der Waals surface area contributed by atoms with Gasteiger partial charge in [0.2, 0.25) is 5.91 Å². The number of carbonyl (C=O) groups is 3. The van der Waals surface area contributed by atoms with Crippen LogP contribution in [0.3, 0.4) is 0 Å². The molecule has 0 aliphatic carbocycles. The maximum absolute atomic E-state index is 12.7. The van der Waals surface area contributed by atoms with E-state index in [2.05, 4.69) is 10.1 Å². The topological polar surface area (TPSA) is 82.2 Å². The molecule has 28 heavy (non-hydrogen) atoms. The Balaban J connectivity index is 0.00000280. The molecule has 3 rings (SSSR count). The van der Waals surface area contributed by atoms with Crippen molar-refractivity contribution in [3.05, 3.63) is 29.8 Å². The number of ether oxygens (including phenoxy) is 1. The van der Waals surface area contributed by atoms with Crippen molar-refractivity contribution in [2.24, 2.45) is 0 Å². The first-order valence-electron chi connectivity index (χ1n) is 9.29. The normalized spacial score (nSPS) is 16.8. The Labute approximate surface area is 171 Å². The summed E-state index contributed by atoms with van der Waals surface area (Å²) in [6.45, 7) is 4.22. The molecule has 3 amide bonds. The molecule has 1 aromatic carbocycles. The Bertz CT molecular complexity index is 692. The van der Waals surface area contributed by atoms with Gasteiger partial charge in [-0.2, -0.15) is 0 Å². The molecular weight excluding hydrogens is 384 g/mol. The Morgan fingerprint density at radius 3 is 2.39 bits per heavy atom. The van der Waals surface area contributed by atoms with Gasteiger partial charge in [-0.15, -0.1) is 12.4 Å². The van der Waals surface area contributed by atoms with Crippen LogP contribution in [-0.4, -0.2) is 80.6 Å². The minimum Gasteiger partial charge on any atom is -0.469 e. The van der Waals surface area contributed by atoms with Crippen LogP contribution in [0.1, 0.15) is 12.0 Å². The highest BCUT2D eigenvalue weighted by molar-refractivity contribution is 5.96. The molecule has 0 aromatic heterocycles. The number of nitrogens with zero attached hydrogens (tertiary/aromatic N) is 3. The quantitative estimate of drug-likeness (QED) is 0.704. The van der Waals surface area contributed by atoms with Gasteiger partial charge in [0.15, 0.2) is 0 Å². The van der Waals surface area contributed by atoms with Crippen LogP contribution in [0.25, 0.3) is 0 Å². The highest BCUT2D eigenvalue weighted by Gasteiger charge is 2.32. The number of nitrogens with one attached hydrogen (secondary N) is 1. The van der Waals surface area contributed by atoms with Gasteiger partial charge in [-0.05, 0) is 24.1 Å². The lowest BCUT2D eigenvalue weighted by atomic mass is 10.1. The predicted octanol–water partition coefficient (Wildman–Crippen LogP) is 0.888. The first kappa shape index (κ1) is 22.0. The number of anilines is 1. The number of carbonyl (C=O) groups excluding carboxylic acids is 3. The van der Waals surface area contributed by atoms with Crippen LogP contribution < -0.4 is 10.2 Å². The third kappa shape index (κ3) is 5.36. The van der Waals surface area contributed by atoms with Crippen molar-refractivity contribution in [1.82, 2.24) is 15.1 Å². The number of hydrogen-bond acceptors (Lipinski definition) is 5. The SMILES string of the molecule is COC(=O)CCc1ccc(N2CCN(CC(=O)N3CCNCC3)C2=O)cc1.Cl. The van der Waals surface area contributed by atoms with Crippen molar-refractivity contribution in [2.75, 3.05) is 57.8 Å². The third-order valence-electron chi connectivity index (χ3n) is 4.98. The van der Waals surface area contributed by atoms with Crippen molar-refractivity contribution < 1.29 is 19.1 Å². The van der Waals surface area contributed by atoms with E-state index in [-0.39, 0.29) is 36.9 Å². The third-order valence-corrected chi connectivity index (χ3v) is 4.98. The maximum atomic E-state index is 12.7. The lowest BCUT2D eigenvalue weighted by molar-refractivity contribution is -0.140. The van der Waals surface area contributed by atoms with E-state index < -0.39 is 0 Å². The number of urea groups is 1. The Hall–Kier alpha value is -2.32. The van der Waals surface area contributed by atoms with Crippen LogP contribution in [0.15, 0.2) is 24.3 Å². The summed E-state index contributed by atoms with van der Waals surface area (Å²) >= 11 is 0. The molecule has 8 nitrogen and oxygen atoms in total. The number of aryl methyl sites for hydroxylation is 1. The molecule has 2 fully saturated rings. The zero-order chi connectivity index (χ0) is 19.2. The van der Waals surface area contributed by atoms with Gasteiger partial charge in [-0.25, -0.2) is 4.79 Å². The molecule has 2 heterocycles. The van der Waals surface area contributed by atoms with Crippen molar-refractivity contribution in [3.8, 4) is 0 Å². The van der Waals surface area contributed by atoms with E-state index in [1.807, 2.05) is 29.2 Å². The van der Waals surface area contributed by atoms with E-state index in [4.69, 9.17) is 0 Å². The fourth-order valence-corrected chi connectivity index (χ4v) is 3.34. The second-order valence-electron chi connectivity index (χ2n) is 6.73. The molecule has 0 spiro atoms. The van der Waals surface area contributed by atoms with E-state index in [0.717, 1.165) is 24.3 Å². The molecule has 1 N–H and O–H groups in total. The van der Waals surface area contributed by atoms with Gasteiger partial charge in [-0.1, -0.05) is 12.1 Å². The van der Waals surface area contributed by atoms with Gasteiger partial charge in [0.05, 0.1) is 7.11 Å². The van der Waals surface area contributed by atoms with Crippen LogP contribution in [0.5, 0.6) is 0 Å². The second-order valence-corrected chi connectivity index (χ2v) is 6.73. The van der Waals surface area contributed by atoms with Crippen molar-refractivity contribution in [1.29, 1.82) is 0 Å². The lowest BCUT2D eigenvalue weighted by Gasteiger charge is -2.29. The van der Waals surface area contributed by atoms with Gasteiger partial charge in [0.1, 0.15) is 6.54 Å². The summed E-state index contributed by atoms with van der Waals surface area (Å²) in [7, 11) is 1.38. The van der Waals surface area contributed by atoms with Gasteiger partial charge in [0, 0.05) is 51.4 Å². The maximum Gasteiger partial charge on any atom is 0.325 e. The van der Waals surface area contributed by atoms with Gasteiger partial charge in [-0.3, -0.25) is 14.5 Å². The molecule has 154 valence electrons. The summed E-state index contributed by atoms with van der Waals surface area (Å²) < 4.78 is 4.65.